The summed E-state index contributed by atoms with van der Waals surface area (Å²) in [6.45, 7) is 12.5. The minimum Gasteiger partial charge on any atom is -0.493 e. The van der Waals surface area contributed by atoms with Gasteiger partial charge in [0.15, 0.2) is 0 Å². The fourth-order valence-corrected chi connectivity index (χ4v) is 5.91. The molecule has 0 radical (unpaired) electrons. The summed E-state index contributed by atoms with van der Waals surface area (Å²) in [4.78, 5) is 17.0. The van der Waals surface area contributed by atoms with Gasteiger partial charge in [-0.15, -0.1) is 11.8 Å². The van der Waals surface area contributed by atoms with E-state index < -0.39 is 0 Å². The second kappa shape index (κ2) is 17.5. The molecule has 4 nitrogen and oxygen atoms in total. The molecular formula is C36H54N2O2S. The number of hydrogen-bond acceptors (Lipinski definition) is 4. The summed E-state index contributed by atoms with van der Waals surface area (Å²) in [6, 6.07) is 14.2. The van der Waals surface area contributed by atoms with Crippen molar-refractivity contribution >= 4 is 23.4 Å². The van der Waals surface area contributed by atoms with Crippen molar-refractivity contribution in [2.24, 2.45) is 0 Å². The van der Waals surface area contributed by atoms with Crippen molar-refractivity contribution in [1.82, 2.24) is 4.90 Å². The second-order valence-electron chi connectivity index (χ2n) is 12.6. The van der Waals surface area contributed by atoms with Crippen molar-refractivity contribution in [3.63, 3.8) is 0 Å². The van der Waals surface area contributed by atoms with Crippen LogP contribution in [0.3, 0.4) is 0 Å². The lowest BCUT2D eigenvalue weighted by molar-refractivity contribution is 0.102. The van der Waals surface area contributed by atoms with Gasteiger partial charge in [0.25, 0.3) is 5.91 Å². The molecule has 5 heteroatoms. The fourth-order valence-electron chi connectivity index (χ4n) is 5.16. The number of amides is 1. The van der Waals surface area contributed by atoms with Crippen molar-refractivity contribution in [3.05, 3.63) is 70.3 Å². The maximum absolute atomic E-state index is 13.3. The van der Waals surface area contributed by atoms with E-state index in [1.54, 1.807) is 0 Å². The van der Waals surface area contributed by atoms with E-state index in [0.29, 0.717) is 17.9 Å². The van der Waals surface area contributed by atoms with Gasteiger partial charge in [-0.3, -0.25) is 4.79 Å². The Labute approximate surface area is 254 Å². The first-order valence-electron chi connectivity index (χ1n) is 16.0. The highest BCUT2D eigenvalue weighted by molar-refractivity contribution is 8.03. The Morgan fingerprint density at radius 2 is 1.49 bits per heavy atom. The number of nitrogens with zero attached hydrogens (tertiary/aromatic N) is 1. The molecule has 0 bridgehead atoms. The number of benzene rings is 2. The number of ether oxygens (including phenoxy) is 1. The molecular weight excluding hydrogens is 524 g/mol. The van der Waals surface area contributed by atoms with E-state index in [-0.39, 0.29) is 11.3 Å². The maximum atomic E-state index is 13.3. The lowest BCUT2D eigenvalue weighted by Crippen LogP contribution is -2.17. The lowest BCUT2D eigenvalue weighted by Gasteiger charge is -2.21. The first-order valence-corrected chi connectivity index (χ1v) is 17.0. The van der Waals surface area contributed by atoms with Crippen molar-refractivity contribution in [2.75, 3.05) is 17.8 Å². The summed E-state index contributed by atoms with van der Waals surface area (Å²) < 4.78 is 6.25. The Hall–Kier alpha value is -2.40. The third-order valence-electron chi connectivity index (χ3n) is 7.77. The Morgan fingerprint density at radius 3 is 2.05 bits per heavy atom. The van der Waals surface area contributed by atoms with Crippen molar-refractivity contribution in [2.45, 2.75) is 124 Å². The molecule has 226 valence electrons. The van der Waals surface area contributed by atoms with Crippen molar-refractivity contribution < 1.29 is 9.53 Å². The zero-order chi connectivity index (χ0) is 29.5. The number of thioether (sulfide) groups is 1. The van der Waals surface area contributed by atoms with E-state index in [4.69, 9.17) is 4.74 Å². The van der Waals surface area contributed by atoms with Gasteiger partial charge in [-0.25, -0.2) is 0 Å². The SMILES string of the molecule is CCCCCCCCCCCCCCOc1cc(C(C)(C)C)ccc1C(=O)Nc1ccc(CN2C=C(C)SC2)cc1. The highest BCUT2D eigenvalue weighted by Crippen LogP contribution is 2.30. The molecule has 1 aliphatic heterocycles. The van der Waals surface area contributed by atoms with Crippen LogP contribution >= 0.6 is 11.8 Å². The Kier molecular flexibility index (Phi) is 14.2. The average molecular weight is 579 g/mol. The van der Waals surface area contributed by atoms with Crippen LogP contribution in [0.1, 0.15) is 133 Å². The topological polar surface area (TPSA) is 41.6 Å². The fraction of sp³-hybridized carbons (Fsp3) is 0.583. The third kappa shape index (κ3) is 12.2. The molecule has 0 aliphatic carbocycles. The number of carbonyl (C=O) groups excluding carboxylic acids is 1. The predicted octanol–water partition coefficient (Wildman–Crippen LogP) is 10.7. The van der Waals surface area contributed by atoms with E-state index in [0.717, 1.165) is 24.5 Å². The second-order valence-corrected chi connectivity index (χ2v) is 13.8. The first kappa shape index (κ1) is 33.1. The molecule has 3 rings (SSSR count). The van der Waals surface area contributed by atoms with Gasteiger partial charge in [0, 0.05) is 18.4 Å². The molecule has 0 spiro atoms. The molecule has 0 atom stereocenters. The van der Waals surface area contributed by atoms with Gasteiger partial charge < -0.3 is 15.0 Å². The monoisotopic (exact) mass is 578 g/mol. The summed E-state index contributed by atoms with van der Waals surface area (Å²) in [5.74, 6) is 1.55. The van der Waals surface area contributed by atoms with Gasteiger partial charge in [0.05, 0.1) is 18.0 Å². The molecule has 41 heavy (non-hydrogen) atoms. The van der Waals surface area contributed by atoms with Crippen LogP contribution in [0.15, 0.2) is 53.6 Å². The van der Waals surface area contributed by atoms with Gasteiger partial charge in [-0.1, -0.05) is 117 Å². The molecule has 1 heterocycles. The quantitative estimate of drug-likeness (QED) is 0.179. The summed E-state index contributed by atoms with van der Waals surface area (Å²) in [6.07, 6.45) is 18.0. The number of nitrogens with one attached hydrogen (secondary N) is 1. The molecule has 0 unspecified atom stereocenters. The van der Waals surface area contributed by atoms with Crippen LogP contribution < -0.4 is 10.1 Å². The van der Waals surface area contributed by atoms with Crippen LogP contribution in [0, 0.1) is 0 Å². The van der Waals surface area contributed by atoms with Gasteiger partial charge >= 0.3 is 0 Å². The molecule has 1 aliphatic rings. The first-order chi connectivity index (χ1) is 19.8. The van der Waals surface area contributed by atoms with E-state index in [1.807, 2.05) is 30.0 Å². The largest absolute Gasteiger partial charge is 0.493 e. The number of unbranched alkanes of at least 4 members (excludes halogenated alkanes) is 11. The standard InChI is InChI=1S/C36H54N2O2S/c1-6-7-8-9-10-11-12-13-14-15-16-17-24-40-34-25-31(36(3,4)5)20-23-33(34)35(39)37-32-21-18-30(19-22-32)27-38-26-29(2)41-28-38/h18-23,25-26H,6-17,24,27-28H2,1-5H3,(H,37,39). The molecule has 0 aromatic heterocycles. The highest BCUT2D eigenvalue weighted by atomic mass is 32.2. The predicted molar refractivity (Wildman–Crippen MR) is 178 cm³/mol. The molecule has 0 saturated carbocycles. The van der Waals surface area contributed by atoms with Crippen LogP contribution in [0.5, 0.6) is 5.75 Å². The molecule has 1 N–H and O–H groups in total. The number of anilines is 1. The van der Waals surface area contributed by atoms with Gasteiger partial charge in [-0.05, 0) is 59.1 Å². The van der Waals surface area contributed by atoms with Crippen LogP contribution in [0.25, 0.3) is 0 Å². The maximum Gasteiger partial charge on any atom is 0.259 e. The smallest absolute Gasteiger partial charge is 0.259 e. The van der Waals surface area contributed by atoms with Crippen LogP contribution in [0.2, 0.25) is 0 Å². The average Bonchev–Trinajstić information content (AvgIpc) is 3.36. The van der Waals surface area contributed by atoms with Crippen LogP contribution in [0.4, 0.5) is 5.69 Å². The van der Waals surface area contributed by atoms with Crippen molar-refractivity contribution in [1.29, 1.82) is 0 Å². The summed E-state index contributed by atoms with van der Waals surface area (Å²) >= 11 is 1.87. The van der Waals surface area contributed by atoms with Crippen LogP contribution in [-0.4, -0.2) is 23.3 Å². The summed E-state index contributed by atoms with van der Waals surface area (Å²) in [5, 5.41) is 3.09. The number of hydrogen-bond donors (Lipinski definition) is 1. The molecule has 2 aromatic carbocycles. The van der Waals surface area contributed by atoms with E-state index in [1.165, 1.54) is 86.7 Å². The Balaban J connectivity index is 1.46. The summed E-state index contributed by atoms with van der Waals surface area (Å²) in [5.41, 5.74) is 3.78. The van der Waals surface area contributed by atoms with Gasteiger partial charge in [0.1, 0.15) is 5.75 Å². The molecule has 1 amide bonds. The Bertz CT molecular complexity index is 1090. The third-order valence-corrected chi connectivity index (χ3v) is 8.79. The highest BCUT2D eigenvalue weighted by Gasteiger charge is 2.19. The van der Waals surface area contributed by atoms with E-state index >= 15 is 0 Å². The lowest BCUT2D eigenvalue weighted by atomic mass is 9.86. The number of allylic oxidation sites excluding steroid dienone is 1. The number of rotatable bonds is 18. The molecule has 2 aromatic rings. The van der Waals surface area contributed by atoms with Crippen LogP contribution in [-0.2, 0) is 12.0 Å². The Morgan fingerprint density at radius 1 is 0.878 bits per heavy atom. The van der Waals surface area contributed by atoms with E-state index in [2.05, 4.69) is 75.3 Å². The van der Waals surface area contributed by atoms with E-state index in [9.17, 15) is 4.79 Å². The zero-order valence-electron chi connectivity index (χ0n) is 26.4. The normalized spacial score (nSPS) is 13.4. The summed E-state index contributed by atoms with van der Waals surface area (Å²) in [7, 11) is 0. The minimum atomic E-state index is -0.127. The molecule has 0 saturated heterocycles. The minimum absolute atomic E-state index is 0.0134. The zero-order valence-corrected chi connectivity index (χ0v) is 27.2. The molecule has 0 fully saturated rings. The van der Waals surface area contributed by atoms with Gasteiger partial charge in [0.2, 0.25) is 0 Å². The van der Waals surface area contributed by atoms with Gasteiger partial charge in [-0.2, -0.15) is 0 Å². The number of carbonyl (C=O) groups is 1. The van der Waals surface area contributed by atoms with Crippen molar-refractivity contribution in [3.8, 4) is 5.75 Å².